The predicted molar refractivity (Wildman–Crippen MR) is 29.2 cm³/mol. The van der Waals surface area contributed by atoms with E-state index in [9.17, 15) is 4.79 Å². The van der Waals surface area contributed by atoms with Crippen molar-refractivity contribution in [1.82, 2.24) is 5.53 Å². The molecule has 0 unspecified atom stereocenters. The van der Waals surface area contributed by atoms with Crippen molar-refractivity contribution in [3.63, 3.8) is 0 Å². The maximum atomic E-state index is 9.59. The third kappa shape index (κ3) is 55.5. The summed E-state index contributed by atoms with van der Waals surface area (Å²) in [5.74, 6) is 8.50. The number of hydrogen-bond acceptors (Lipinski definition) is 5. The zero-order valence-electron chi connectivity index (χ0n) is 4.97. The van der Waals surface area contributed by atoms with Crippen LogP contribution in [0.3, 0.4) is 0 Å². The molecule has 0 radical (unpaired) electrons. The lowest BCUT2D eigenvalue weighted by Gasteiger charge is -1.80. The molecule has 0 bridgehead atoms. The molecule has 5 nitrogen and oxygen atoms in total. The Labute approximate surface area is 47.9 Å². The molecular weight excluding hydrogens is 110 g/mol. The fraction of sp³-hybridized carbons (Fsp3) is 0.667. The summed E-state index contributed by atoms with van der Waals surface area (Å²) >= 11 is 0. The molecule has 0 saturated heterocycles. The summed E-state index contributed by atoms with van der Waals surface area (Å²) in [6, 6.07) is 0. The minimum absolute atomic E-state index is 0.245. The normalized spacial score (nSPS) is 6.50. The largest absolute Gasteiger partial charge is 0.469 e. The fourth-order valence-electron chi connectivity index (χ4n) is 0. The first-order valence-corrected chi connectivity index (χ1v) is 1.89. The lowest BCUT2D eigenvalue weighted by molar-refractivity contribution is -0.137. The third-order valence-corrected chi connectivity index (χ3v) is 0.287. The number of methoxy groups -OCH3 is 1. The lowest BCUT2D eigenvalue weighted by Crippen LogP contribution is -2.29. The van der Waals surface area contributed by atoms with Crippen LogP contribution in [0.1, 0.15) is 6.92 Å². The average molecular weight is 121 g/mol. The van der Waals surface area contributed by atoms with Crippen LogP contribution in [-0.2, 0) is 9.53 Å². The van der Waals surface area contributed by atoms with Gasteiger partial charge in [-0.15, -0.1) is 0 Å². The van der Waals surface area contributed by atoms with E-state index < -0.39 is 0 Å². The summed E-state index contributed by atoms with van der Waals surface area (Å²) in [5.41, 5.74) is 1.75. The van der Waals surface area contributed by atoms with E-state index >= 15 is 0 Å². The van der Waals surface area contributed by atoms with Crippen molar-refractivity contribution in [3.8, 4) is 0 Å². The molecule has 0 spiro atoms. The van der Waals surface area contributed by atoms with E-state index in [0.29, 0.717) is 0 Å². The van der Waals surface area contributed by atoms with Crippen molar-refractivity contribution in [2.75, 3.05) is 7.11 Å². The van der Waals surface area contributed by atoms with E-state index in [0.717, 1.165) is 0 Å². The van der Waals surface area contributed by atoms with Gasteiger partial charge in [-0.25, -0.2) is 0 Å². The molecule has 0 amide bonds. The molecule has 0 aliphatic carbocycles. The summed E-state index contributed by atoms with van der Waals surface area (Å²) in [6.45, 7) is 1.36. The van der Waals surface area contributed by atoms with Gasteiger partial charge in [-0.2, -0.15) is 5.53 Å². The van der Waals surface area contributed by atoms with E-state index in [1.807, 2.05) is 0 Å². The molecule has 5 N–H and O–H groups in total. The molecule has 50 valence electrons. The van der Waals surface area contributed by atoms with Gasteiger partial charge in [0, 0.05) is 6.92 Å². The monoisotopic (exact) mass is 121 g/mol. The Bertz CT molecular complexity index is 56.5. The van der Waals surface area contributed by atoms with Gasteiger partial charge < -0.3 is 4.74 Å². The van der Waals surface area contributed by atoms with Crippen LogP contribution >= 0.6 is 0 Å². The van der Waals surface area contributed by atoms with Gasteiger partial charge in [0.15, 0.2) is 0 Å². The summed E-state index contributed by atoms with van der Waals surface area (Å²) in [5, 5.41) is 0. The molecule has 0 aromatic rings. The summed E-state index contributed by atoms with van der Waals surface area (Å²) < 4.78 is 4.11. The van der Waals surface area contributed by atoms with Gasteiger partial charge in [0.1, 0.15) is 0 Å². The number of carbonyl (C=O) groups is 1. The Morgan fingerprint density at radius 2 is 1.75 bits per heavy atom. The molecule has 5 heteroatoms. The van der Waals surface area contributed by atoms with Crippen LogP contribution in [0.2, 0.25) is 0 Å². The van der Waals surface area contributed by atoms with Crippen LogP contribution in [0.25, 0.3) is 0 Å². The van der Waals surface area contributed by atoms with Crippen molar-refractivity contribution in [1.29, 1.82) is 0 Å². The Hall–Kier alpha value is -0.650. The SMILES string of the molecule is COC(C)=O.NNN. The van der Waals surface area contributed by atoms with E-state index in [1.165, 1.54) is 14.0 Å². The first kappa shape index (κ1) is 10.4. The topological polar surface area (TPSA) is 90.4 Å². The summed E-state index contributed by atoms with van der Waals surface area (Å²) in [4.78, 5) is 9.59. The maximum Gasteiger partial charge on any atom is 0.302 e. The molecule has 0 aliphatic heterocycles. The van der Waals surface area contributed by atoms with E-state index in [1.54, 1.807) is 5.53 Å². The van der Waals surface area contributed by atoms with Gasteiger partial charge in [0.2, 0.25) is 0 Å². The molecule has 0 atom stereocenters. The zero-order chi connectivity index (χ0) is 6.99. The van der Waals surface area contributed by atoms with Crippen molar-refractivity contribution in [3.05, 3.63) is 0 Å². The second-order valence-electron chi connectivity index (χ2n) is 0.862. The minimum atomic E-state index is -0.245. The van der Waals surface area contributed by atoms with Gasteiger partial charge >= 0.3 is 5.97 Å². The van der Waals surface area contributed by atoms with Gasteiger partial charge in [0.25, 0.3) is 0 Å². The smallest absolute Gasteiger partial charge is 0.302 e. The second kappa shape index (κ2) is 9.61. The highest BCUT2D eigenvalue weighted by atomic mass is 16.5. The van der Waals surface area contributed by atoms with E-state index in [2.05, 4.69) is 16.4 Å². The third-order valence-electron chi connectivity index (χ3n) is 0.287. The number of nitrogens with two attached hydrogens (primary N) is 2. The first-order valence-electron chi connectivity index (χ1n) is 1.89. The molecule has 8 heavy (non-hydrogen) atoms. The minimum Gasteiger partial charge on any atom is -0.469 e. The standard InChI is InChI=1S/C3H6O2.H5N3/c1-3(4)5-2;1-3-2/h1-2H3;3H,1-2H2. The Morgan fingerprint density at radius 3 is 1.75 bits per heavy atom. The van der Waals surface area contributed by atoms with Gasteiger partial charge in [-0.3, -0.25) is 16.5 Å². The zero-order valence-corrected chi connectivity index (χ0v) is 4.97. The molecule has 0 aromatic carbocycles. The summed E-state index contributed by atoms with van der Waals surface area (Å²) in [6.07, 6.45) is 0. The molecule has 0 rings (SSSR count). The number of hydrazine groups is 2. The van der Waals surface area contributed by atoms with Crippen LogP contribution < -0.4 is 17.2 Å². The van der Waals surface area contributed by atoms with Crippen LogP contribution in [0.15, 0.2) is 0 Å². The van der Waals surface area contributed by atoms with Gasteiger partial charge in [-0.1, -0.05) is 0 Å². The molecule has 0 fully saturated rings. The summed E-state index contributed by atoms with van der Waals surface area (Å²) in [7, 11) is 1.35. The molecule has 0 aliphatic rings. The molecule has 0 saturated carbocycles. The van der Waals surface area contributed by atoms with E-state index in [4.69, 9.17) is 0 Å². The highest BCUT2D eigenvalue weighted by Crippen LogP contribution is 1.60. The Balaban J connectivity index is 0. The fourth-order valence-corrected chi connectivity index (χ4v) is 0. The van der Waals surface area contributed by atoms with Crippen LogP contribution in [-0.4, -0.2) is 13.1 Å². The van der Waals surface area contributed by atoms with E-state index in [-0.39, 0.29) is 5.97 Å². The highest BCUT2D eigenvalue weighted by molar-refractivity contribution is 5.65. The number of ether oxygens (including phenoxy) is 1. The first-order chi connectivity index (χ1) is 3.68. The number of carbonyl (C=O) groups excluding carboxylic acids is 1. The van der Waals surface area contributed by atoms with Crippen LogP contribution in [0, 0.1) is 0 Å². The molecular formula is C3H11N3O2. The van der Waals surface area contributed by atoms with Crippen molar-refractivity contribution in [2.45, 2.75) is 6.92 Å². The highest BCUT2D eigenvalue weighted by Gasteiger charge is 1.75. The Morgan fingerprint density at radius 1 is 1.62 bits per heavy atom. The Kier molecular flexibility index (Phi) is 12.4. The lowest BCUT2D eigenvalue weighted by atomic mass is 10.8. The predicted octanol–water partition coefficient (Wildman–Crippen LogP) is -1.50. The van der Waals surface area contributed by atoms with Gasteiger partial charge in [-0.05, 0) is 0 Å². The van der Waals surface area contributed by atoms with Crippen molar-refractivity contribution >= 4 is 5.97 Å². The van der Waals surface area contributed by atoms with Crippen molar-refractivity contribution < 1.29 is 9.53 Å². The molecule has 0 heterocycles. The quantitative estimate of drug-likeness (QED) is 0.206. The van der Waals surface area contributed by atoms with Crippen molar-refractivity contribution in [2.24, 2.45) is 11.7 Å². The number of hydrogen-bond donors (Lipinski definition) is 3. The maximum absolute atomic E-state index is 9.59. The second-order valence-corrected chi connectivity index (χ2v) is 0.862. The number of nitrogens with one attached hydrogen (secondary N) is 1. The molecule has 0 aromatic heterocycles. The van der Waals surface area contributed by atoms with Crippen LogP contribution in [0.5, 0.6) is 0 Å². The average Bonchev–Trinajstić information content (AvgIpc) is 1.69. The van der Waals surface area contributed by atoms with Gasteiger partial charge in [0.05, 0.1) is 7.11 Å². The number of rotatable bonds is 0. The number of esters is 1. The van der Waals surface area contributed by atoms with Crippen LogP contribution in [0.4, 0.5) is 0 Å².